The molecule has 30 heavy (non-hydrogen) atoms. The maximum absolute atomic E-state index is 13.9. The van der Waals surface area contributed by atoms with E-state index in [-0.39, 0.29) is 23.3 Å². The molecule has 8 heteroatoms. The Labute approximate surface area is 170 Å². The number of fused-ring (bicyclic) bond motifs is 1. The third-order valence-corrected chi connectivity index (χ3v) is 5.23. The summed E-state index contributed by atoms with van der Waals surface area (Å²) < 4.78 is 33.4. The standard InChI is InChI=1S/C22H18F2N4O2/c1-11-6-16-19(17(29)7-11)20(12-8-13(23)10-14(24)9-12)27-21(25-16)28-22-26-15-4-2-3-5-18(15)30-22/h2-5,8-11,20H,6-7H2,1H3,(H2,25,26,27,28)/t11-,20-/m0/s1. The largest absolute Gasteiger partial charge is 0.423 e. The fourth-order valence-electron chi connectivity index (χ4n) is 3.99. The molecule has 0 spiro atoms. The highest BCUT2D eigenvalue weighted by molar-refractivity contribution is 6.03. The molecule has 0 radical (unpaired) electrons. The number of guanidine groups is 1. The second kappa shape index (κ2) is 7.05. The minimum atomic E-state index is -0.821. The summed E-state index contributed by atoms with van der Waals surface area (Å²) in [4.78, 5) is 21.7. The number of ketones is 1. The summed E-state index contributed by atoms with van der Waals surface area (Å²) in [7, 11) is 0. The molecule has 0 unspecified atom stereocenters. The molecule has 2 atom stereocenters. The molecule has 0 amide bonds. The van der Waals surface area contributed by atoms with Crippen molar-refractivity contribution in [1.29, 1.82) is 0 Å². The van der Waals surface area contributed by atoms with Gasteiger partial charge in [0.25, 0.3) is 0 Å². The van der Waals surface area contributed by atoms with Gasteiger partial charge in [-0.15, -0.1) is 0 Å². The summed E-state index contributed by atoms with van der Waals surface area (Å²) in [5, 5.41) is 6.14. The van der Waals surface area contributed by atoms with Crippen LogP contribution in [0.3, 0.4) is 0 Å². The fourth-order valence-corrected chi connectivity index (χ4v) is 3.99. The van der Waals surface area contributed by atoms with Crippen LogP contribution >= 0.6 is 0 Å². The normalized spacial score (nSPS) is 21.3. The first-order chi connectivity index (χ1) is 14.5. The van der Waals surface area contributed by atoms with Gasteiger partial charge in [0.1, 0.15) is 23.2 Å². The van der Waals surface area contributed by atoms with Crippen LogP contribution < -0.4 is 10.6 Å². The molecule has 152 valence electrons. The van der Waals surface area contributed by atoms with E-state index in [1.54, 1.807) is 6.07 Å². The van der Waals surface area contributed by atoms with Crippen molar-refractivity contribution >= 4 is 28.9 Å². The number of carbonyl (C=O) groups is 1. The summed E-state index contributed by atoms with van der Waals surface area (Å²) >= 11 is 0. The number of para-hydroxylation sites is 2. The van der Waals surface area contributed by atoms with Crippen molar-refractivity contribution in [3.63, 3.8) is 0 Å². The van der Waals surface area contributed by atoms with Crippen molar-refractivity contribution in [2.24, 2.45) is 10.9 Å². The Morgan fingerprint density at radius 3 is 2.67 bits per heavy atom. The van der Waals surface area contributed by atoms with E-state index in [1.165, 1.54) is 12.1 Å². The molecular weight excluding hydrogens is 390 g/mol. The zero-order chi connectivity index (χ0) is 20.8. The molecule has 6 nitrogen and oxygen atoms in total. The van der Waals surface area contributed by atoms with Gasteiger partial charge in [0.2, 0.25) is 5.96 Å². The predicted molar refractivity (Wildman–Crippen MR) is 108 cm³/mol. The third kappa shape index (κ3) is 3.34. The topological polar surface area (TPSA) is 79.5 Å². The zero-order valence-electron chi connectivity index (χ0n) is 16.1. The number of carbonyl (C=O) groups excluding carboxylic acids is 1. The zero-order valence-corrected chi connectivity index (χ0v) is 16.1. The second-order valence-electron chi connectivity index (χ2n) is 7.65. The van der Waals surface area contributed by atoms with Gasteiger partial charge in [0.05, 0.1) is 0 Å². The molecule has 2 aromatic carbocycles. The summed E-state index contributed by atoms with van der Waals surface area (Å²) in [5.74, 6) is -1.05. The molecule has 1 aliphatic carbocycles. The molecule has 2 aliphatic rings. The van der Waals surface area contributed by atoms with E-state index in [2.05, 4.69) is 20.6 Å². The van der Waals surface area contributed by atoms with E-state index in [0.717, 1.165) is 6.07 Å². The number of Topliss-reactive ketones (excluding diaryl/α,β-unsaturated/α-hetero) is 1. The molecule has 1 aliphatic heterocycles. The number of hydrogen-bond donors (Lipinski definition) is 2. The Morgan fingerprint density at radius 1 is 1.13 bits per heavy atom. The van der Waals surface area contributed by atoms with Crippen LogP contribution in [0.4, 0.5) is 14.8 Å². The van der Waals surface area contributed by atoms with Gasteiger partial charge in [0, 0.05) is 23.8 Å². The van der Waals surface area contributed by atoms with Crippen molar-refractivity contribution in [2.75, 3.05) is 5.32 Å². The molecule has 5 rings (SSSR count). The lowest BCUT2D eigenvalue weighted by Gasteiger charge is -2.32. The number of nitrogens with one attached hydrogen (secondary N) is 2. The van der Waals surface area contributed by atoms with Crippen LogP contribution in [0.25, 0.3) is 11.1 Å². The molecule has 0 saturated heterocycles. The van der Waals surface area contributed by atoms with Gasteiger partial charge < -0.3 is 9.73 Å². The van der Waals surface area contributed by atoms with Crippen LogP contribution in [0.15, 0.2) is 63.1 Å². The molecule has 1 aromatic heterocycles. The lowest BCUT2D eigenvalue weighted by Crippen LogP contribution is -2.40. The van der Waals surface area contributed by atoms with Crippen LogP contribution in [-0.4, -0.2) is 16.7 Å². The average molecular weight is 408 g/mol. The summed E-state index contributed by atoms with van der Waals surface area (Å²) in [6.45, 7) is 1.99. The highest BCUT2D eigenvalue weighted by atomic mass is 19.1. The summed E-state index contributed by atoms with van der Waals surface area (Å²) in [5.41, 5.74) is 2.72. The average Bonchev–Trinajstić information content (AvgIpc) is 3.08. The van der Waals surface area contributed by atoms with Crippen LogP contribution in [0.1, 0.15) is 31.4 Å². The molecule has 2 heterocycles. The van der Waals surface area contributed by atoms with Gasteiger partial charge in [-0.2, -0.15) is 4.98 Å². The van der Waals surface area contributed by atoms with Gasteiger partial charge in [-0.3, -0.25) is 10.1 Å². The van der Waals surface area contributed by atoms with Crippen LogP contribution in [0.2, 0.25) is 0 Å². The number of nitrogens with zero attached hydrogens (tertiary/aromatic N) is 2. The smallest absolute Gasteiger partial charge is 0.302 e. The fraction of sp³-hybridized carbons (Fsp3) is 0.227. The minimum Gasteiger partial charge on any atom is -0.423 e. The Balaban J connectivity index is 1.55. The second-order valence-corrected chi connectivity index (χ2v) is 7.65. The van der Waals surface area contributed by atoms with Crippen LogP contribution in [0, 0.1) is 17.6 Å². The summed E-state index contributed by atoms with van der Waals surface area (Å²) in [6, 6.07) is 9.92. The van der Waals surface area contributed by atoms with Gasteiger partial charge in [0.15, 0.2) is 11.4 Å². The van der Waals surface area contributed by atoms with E-state index in [9.17, 15) is 13.6 Å². The number of benzene rings is 2. The van der Waals surface area contributed by atoms with E-state index < -0.39 is 17.7 Å². The molecule has 0 fully saturated rings. The maximum atomic E-state index is 13.9. The number of oxazole rings is 1. The number of rotatable bonds is 2. The quantitative estimate of drug-likeness (QED) is 0.654. The minimum absolute atomic E-state index is 0.0735. The van der Waals surface area contributed by atoms with E-state index >= 15 is 0 Å². The first-order valence-corrected chi connectivity index (χ1v) is 9.66. The van der Waals surface area contributed by atoms with E-state index in [4.69, 9.17) is 4.42 Å². The van der Waals surface area contributed by atoms with Gasteiger partial charge in [-0.1, -0.05) is 19.1 Å². The number of halogens is 2. The number of hydrogen-bond acceptors (Lipinski definition) is 6. The van der Waals surface area contributed by atoms with Crippen molar-refractivity contribution in [3.05, 3.63) is 70.9 Å². The molecular formula is C22H18F2N4O2. The Bertz CT molecular complexity index is 1180. The van der Waals surface area contributed by atoms with Gasteiger partial charge >= 0.3 is 6.01 Å². The Morgan fingerprint density at radius 2 is 1.90 bits per heavy atom. The first kappa shape index (κ1) is 18.5. The van der Waals surface area contributed by atoms with Crippen molar-refractivity contribution in [2.45, 2.75) is 25.8 Å². The van der Waals surface area contributed by atoms with E-state index in [0.29, 0.717) is 41.2 Å². The SMILES string of the molecule is C[C@@H]1CC(=O)C2=C(C1)NC(Nc1nc3ccccc3o1)=N[C@H]2c1cc(F)cc(F)c1. The maximum Gasteiger partial charge on any atom is 0.302 e. The lowest BCUT2D eigenvalue weighted by molar-refractivity contribution is -0.117. The van der Waals surface area contributed by atoms with Gasteiger partial charge in [-0.25, -0.2) is 13.8 Å². The molecule has 0 saturated carbocycles. The van der Waals surface area contributed by atoms with E-state index in [1.807, 2.05) is 25.1 Å². The van der Waals surface area contributed by atoms with Crippen LogP contribution in [0.5, 0.6) is 0 Å². The molecule has 0 bridgehead atoms. The predicted octanol–water partition coefficient (Wildman–Crippen LogP) is 4.47. The number of allylic oxidation sites excluding steroid dienone is 1. The third-order valence-electron chi connectivity index (χ3n) is 5.23. The van der Waals surface area contributed by atoms with Crippen LogP contribution in [-0.2, 0) is 4.79 Å². The molecule has 2 N–H and O–H groups in total. The highest BCUT2D eigenvalue weighted by Crippen LogP contribution is 2.38. The summed E-state index contributed by atoms with van der Waals surface area (Å²) in [6.07, 6.45) is 1.00. The highest BCUT2D eigenvalue weighted by Gasteiger charge is 2.35. The Hall–Kier alpha value is -3.55. The van der Waals surface area contributed by atoms with Crippen molar-refractivity contribution in [1.82, 2.24) is 10.3 Å². The van der Waals surface area contributed by atoms with Crippen molar-refractivity contribution in [3.8, 4) is 0 Å². The lowest BCUT2D eigenvalue weighted by atomic mass is 9.81. The van der Waals surface area contributed by atoms with Gasteiger partial charge in [-0.05, 0) is 42.2 Å². The number of aliphatic imine (C=N–C) groups is 1. The van der Waals surface area contributed by atoms with Crippen molar-refractivity contribution < 1.29 is 18.0 Å². The number of anilines is 1. The first-order valence-electron chi connectivity index (χ1n) is 9.66. The Kier molecular flexibility index (Phi) is 4.34. The number of aromatic nitrogens is 1. The monoisotopic (exact) mass is 408 g/mol. The molecule has 3 aromatic rings.